The van der Waals surface area contributed by atoms with Gasteiger partial charge in [0.25, 0.3) is 0 Å². The summed E-state index contributed by atoms with van der Waals surface area (Å²) in [6.45, 7) is 1.04. The first-order valence-corrected chi connectivity index (χ1v) is 7.49. The summed E-state index contributed by atoms with van der Waals surface area (Å²) < 4.78 is 0. The molecule has 110 valence electrons. The number of benzene rings is 1. The van der Waals surface area contributed by atoms with Gasteiger partial charge in [-0.15, -0.1) is 0 Å². The Kier molecular flexibility index (Phi) is 6.02. The summed E-state index contributed by atoms with van der Waals surface area (Å²) in [5.41, 5.74) is 0.824. The first-order valence-electron chi connectivity index (χ1n) is 7.49. The van der Waals surface area contributed by atoms with Crippen LogP contribution in [0.5, 0.6) is 0 Å². The van der Waals surface area contributed by atoms with Gasteiger partial charge < -0.3 is 10.4 Å². The molecule has 0 spiro atoms. The van der Waals surface area contributed by atoms with E-state index >= 15 is 0 Å². The number of carbonyl (C=O) groups is 1. The predicted octanol–water partition coefficient (Wildman–Crippen LogP) is 2.25. The van der Waals surface area contributed by atoms with Gasteiger partial charge >= 0.3 is 0 Å². The van der Waals surface area contributed by atoms with Gasteiger partial charge in [0.1, 0.15) is 0 Å². The van der Waals surface area contributed by atoms with Crippen molar-refractivity contribution in [3.8, 4) is 0 Å². The minimum absolute atomic E-state index is 0.00442. The zero-order chi connectivity index (χ0) is 14.2. The normalized spacial score (nSPS) is 16.3. The number of amides is 1. The smallest absolute Gasteiger partial charge is 0.238 e. The van der Waals surface area contributed by atoms with E-state index in [9.17, 15) is 9.90 Å². The highest BCUT2D eigenvalue weighted by Crippen LogP contribution is 2.22. The topological polar surface area (TPSA) is 52.6 Å². The van der Waals surface area contributed by atoms with Crippen LogP contribution in [0.15, 0.2) is 30.3 Å². The molecule has 0 radical (unpaired) electrons. The van der Waals surface area contributed by atoms with E-state index in [2.05, 4.69) is 10.2 Å². The Morgan fingerprint density at radius 3 is 2.55 bits per heavy atom. The first-order chi connectivity index (χ1) is 9.79. The van der Waals surface area contributed by atoms with E-state index in [0.717, 1.165) is 18.5 Å². The number of aliphatic hydroxyl groups is 1. The molecule has 4 heteroatoms. The van der Waals surface area contributed by atoms with Crippen LogP contribution in [0.4, 0.5) is 5.69 Å². The van der Waals surface area contributed by atoms with Crippen LogP contribution >= 0.6 is 0 Å². The number of rotatable bonds is 6. The van der Waals surface area contributed by atoms with Gasteiger partial charge in [0.15, 0.2) is 0 Å². The highest BCUT2D eigenvalue weighted by atomic mass is 16.3. The van der Waals surface area contributed by atoms with Crippen LogP contribution in [-0.4, -0.2) is 41.7 Å². The lowest BCUT2D eigenvalue weighted by Gasteiger charge is -2.33. The lowest BCUT2D eigenvalue weighted by atomic mass is 9.94. The number of hydrogen-bond donors (Lipinski definition) is 2. The molecule has 1 amide bonds. The Morgan fingerprint density at radius 2 is 1.90 bits per heavy atom. The van der Waals surface area contributed by atoms with Crippen LogP contribution in [-0.2, 0) is 4.79 Å². The lowest BCUT2D eigenvalue weighted by Crippen LogP contribution is -2.43. The molecule has 1 aromatic carbocycles. The average molecular weight is 276 g/mol. The molecule has 0 heterocycles. The van der Waals surface area contributed by atoms with Crippen LogP contribution in [0.25, 0.3) is 0 Å². The SMILES string of the molecule is O=C(CN(CCO)C1CCCCC1)Nc1ccccc1. The van der Waals surface area contributed by atoms with Gasteiger partial charge in [0, 0.05) is 18.3 Å². The van der Waals surface area contributed by atoms with Crippen molar-refractivity contribution in [1.29, 1.82) is 0 Å². The summed E-state index contributed by atoms with van der Waals surface area (Å²) in [6.07, 6.45) is 6.02. The largest absolute Gasteiger partial charge is 0.395 e. The van der Waals surface area contributed by atoms with Crippen molar-refractivity contribution in [2.75, 3.05) is 25.0 Å². The van der Waals surface area contributed by atoms with Gasteiger partial charge in [-0.2, -0.15) is 0 Å². The summed E-state index contributed by atoms with van der Waals surface area (Å²) in [4.78, 5) is 14.2. The van der Waals surface area contributed by atoms with Crippen LogP contribution in [0.3, 0.4) is 0 Å². The number of carbonyl (C=O) groups excluding carboxylic acids is 1. The van der Waals surface area contributed by atoms with Crippen LogP contribution in [0.2, 0.25) is 0 Å². The van der Waals surface area contributed by atoms with Crippen molar-refractivity contribution in [1.82, 2.24) is 4.90 Å². The molecule has 4 nitrogen and oxygen atoms in total. The summed E-state index contributed by atoms with van der Waals surface area (Å²) in [6, 6.07) is 9.95. The zero-order valence-electron chi connectivity index (χ0n) is 11.9. The number of aliphatic hydroxyl groups excluding tert-OH is 1. The Labute approximate surface area is 120 Å². The molecule has 1 aliphatic carbocycles. The van der Waals surface area contributed by atoms with Crippen molar-refractivity contribution in [2.24, 2.45) is 0 Å². The fourth-order valence-corrected chi connectivity index (χ4v) is 2.87. The third-order valence-corrected chi connectivity index (χ3v) is 3.88. The number of para-hydroxylation sites is 1. The quantitative estimate of drug-likeness (QED) is 0.838. The van der Waals surface area contributed by atoms with E-state index in [-0.39, 0.29) is 12.5 Å². The van der Waals surface area contributed by atoms with Crippen LogP contribution < -0.4 is 5.32 Å². The molecular formula is C16H24N2O2. The molecule has 0 aliphatic heterocycles. The van der Waals surface area contributed by atoms with Gasteiger partial charge in [-0.25, -0.2) is 0 Å². The van der Waals surface area contributed by atoms with Crippen molar-refractivity contribution >= 4 is 11.6 Å². The fourth-order valence-electron chi connectivity index (χ4n) is 2.87. The van der Waals surface area contributed by atoms with Crippen molar-refractivity contribution in [3.63, 3.8) is 0 Å². The van der Waals surface area contributed by atoms with Gasteiger partial charge in [0.05, 0.1) is 13.2 Å². The summed E-state index contributed by atoms with van der Waals surface area (Å²) in [5.74, 6) is -0.00442. The second kappa shape index (κ2) is 8.02. The minimum atomic E-state index is -0.00442. The number of nitrogens with one attached hydrogen (secondary N) is 1. The standard InChI is InChI=1S/C16H24N2O2/c19-12-11-18(15-9-5-2-6-10-15)13-16(20)17-14-7-3-1-4-8-14/h1,3-4,7-8,15,19H,2,5-6,9-13H2,(H,17,20). The third-order valence-electron chi connectivity index (χ3n) is 3.88. The molecule has 1 aliphatic rings. The minimum Gasteiger partial charge on any atom is -0.395 e. The molecule has 1 aromatic rings. The van der Waals surface area contributed by atoms with Gasteiger partial charge in [-0.1, -0.05) is 37.5 Å². The molecule has 0 unspecified atom stereocenters. The second-order valence-electron chi connectivity index (χ2n) is 5.40. The van der Waals surface area contributed by atoms with E-state index in [0.29, 0.717) is 19.1 Å². The number of hydrogen-bond acceptors (Lipinski definition) is 3. The third kappa shape index (κ3) is 4.62. The molecule has 0 saturated heterocycles. The van der Waals surface area contributed by atoms with Crippen molar-refractivity contribution < 1.29 is 9.90 Å². The van der Waals surface area contributed by atoms with Crippen LogP contribution in [0.1, 0.15) is 32.1 Å². The predicted molar refractivity (Wildman–Crippen MR) is 80.6 cm³/mol. The van der Waals surface area contributed by atoms with Gasteiger partial charge in [-0.05, 0) is 25.0 Å². The Bertz CT molecular complexity index is 402. The lowest BCUT2D eigenvalue weighted by molar-refractivity contribution is -0.118. The van der Waals surface area contributed by atoms with E-state index in [1.165, 1.54) is 19.3 Å². The summed E-state index contributed by atoms with van der Waals surface area (Å²) in [5, 5.41) is 12.1. The van der Waals surface area contributed by atoms with E-state index in [4.69, 9.17) is 0 Å². The molecule has 0 aromatic heterocycles. The van der Waals surface area contributed by atoms with E-state index in [1.807, 2.05) is 30.3 Å². The number of nitrogens with zero attached hydrogens (tertiary/aromatic N) is 1. The highest BCUT2D eigenvalue weighted by Gasteiger charge is 2.22. The maximum Gasteiger partial charge on any atom is 0.238 e. The molecule has 2 rings (SSSR count). The maximum absolute atomic E-state index is 12.1. The van der Waals surface area contributed by atoms with Gasteiger partial charge in [-0.3, -0.25) is 9.69 Å². The molecule has 1 saturated carbocycles. The Hall–Kier alpha value is -1.39. The molecule has 20 heavy (non-hydrogen) atoms. The first kappa shape index (κ1) is 15.0. The van der Waals surface area contributed by atoms with E-state index < -0.39 is 0 Å². The van der Waals surface area contributed by atoms with Crippen molar-refractivity contribution in [3.05, 3.63) is 30.3 Å². The maximum atomic E-state index is 12.1. The highest BCUT2D eigenvalue weighted by molar-refractivity contribution is 5.92. The zero-order valence-corrected chi connectivity index (χ0v) is 11.9. The molecular weight excluding hydrogens is 252 g/mol. The van der Waals surface area contributed by atoms with E-state index in [1.54, 1.807) is 0 Å². The monoisotopic (exact) mass is 276 g/mol. The Morgan fingerprint density at radius 1 is 1.20 bits per heavy atom. The molecule has 0 atom stereocenters. The summed E-state index contributed by atoms with van der Waals surface area (Å²) in [7, 11) is 0. The Balaban J connectivity index is 1.88. The number of anilines is 1. The van der Waals surface area contributed by atoms with Crippen molar-refractivity contribution in [2.45, 2.75) is 38.1 Å². The molecule has 1 fully saturated rings. The average Bonchev–Trinajstić information content (AvgIpc) is 2.49. The molecule has 2 N–H and O–H groups in total. The summed E-state index contributed by atoms with van der Waals surface area (Å²) >= 11 is 0. The second-order valence-corrected chi connectivity index (χ2v) is 5.40. The molecule has 0 bridgehead atoms. The van der Waals surface area contributed by atoms with Gasteiger partial charge in [0.2, 0.25) is 5.91 Å². The van der Waals surface area contributed by atoms with Crippen LogP contribution in [0, 0.1) is 0 Å². The fraction of sp³-hybridized carbons (Fsp3) is 0.562.